The number of anilines is 1. The molecule has 0 bridgehead atoms. The lowest BCUT2D eigenvalue weighted by atomic mass is 10.2. The number of aromatic nitrogens is 3. The topological polar surface area (TPSA) is 93.8 Å². The molecule has 0 fully saturated rings. The van der Waals surface area contributed by atoms with Crippen molar-refractivity contribution in [2.24, 2.45) is 5.73 Å². The van der Waals surface area contributed by atoms with E-state index in [0.29, 0.717) is 10.8 Å². The zero-order chi connectivity index (χ0) is 17.4. The minimum Gasteiger partial charge on any atom is -0.365 e. The summed E-state index contributed by atoms with van der Waals surface area (Å²) >= 11 is 2.86. The molecular weight excluding hydrogens is 354 g/mol. The molecule has 0 aliphatic carbocycles. The van der Waals surface area contributed by atoms with Crippen LogP contribution in [0.1, 0.15) is 9.67 Å². The molecule has 0 saturated heterocycles. The van der Waals surface area contributed by atoms with Gasteiger partial charge in [0, 0.05) is 18.8 Å². The Morgan fingerprint density at radius 3 is 2.76 bits per heavy atom. The van der Waals surface area contributed by atoms with E-state index in [1.807, 2.05) is 30.3 Å². The predicted octanol–water partition coefficient (Wildman–Crippen LogP) is 3.62. The third-order valence-corrected chi connectivity index (χ3v) is 5.85. The summed E-state index contributed by atoms with van der Waals surface area (Å²) in [6, 6.07) is 11.6. The van der Waals surface area contributed by atoms with Crippen LogP contribution in [-0.2, 0) is 0 Å². The van der Waals surface area contributed by atoms with Crippen LogP contribution < -0.4 is 11.1 Å². The molecule has 0 atom stereocenters. The number of nitrogens with one attached hydrogen (secondary N) is 1. The average Bonchev–Trinajstić information content (AvgIpc) is 3.25. The molecule has 1 aromatic carbocycles. The van der Waals surface area contributed by atoms with Gasteiger partial charge in [-0.15, -0.1) is 22.7 Å². The fourth-order valence-electron chi connectivity index (χ4n) is 2.46. The summed E-state index contributed by atoms with van der Waals surface area (Å²) in [6.07, 6.45) is 1.68. The monoisotopic (exact) mass is 367 g/mol. The second kappa shape index (κ2) is 6.23. The van der Waals surface area contributed by atoms with Crippen molar-refractivity contribution in [2.45, 2.75) is 0 Å². The van der Waals surface area contributed by atoms with Crippen molar-refractivity contribution in [3.63, 3.8) is 0 Å². The van der Waals surface area contributed by atoms with E-state index in [4.69, 9.17) is 5.73 Å². The first-order valence-corrected chi connectivity index (χ1v) is 9.10. The van der Waals surface area contributed by atoms with Gasteiger partial charge >= 0.3 is 0 Å². The summed E-state index contributed by atoms with van der Waals surface area (Å²) < 4.78 is 1.07. The van der Waals surface area contributed by atoms with E-state index in [9.17, 15) is 4.79 Å². The van der Waals surface area contributed by atoms with Crippen molar-refractivity contribution in [2.75, 3.05) is 12.4 Å². The van der Waals surface area contributed by atoms with E-state index in [1.165, 1.54) is 11.3 Å². The number of hydrogen-bond donors (Lipinski definition) is 2. The summed E-state index contributed by atoms with van der Waals surface area (Å²) in [5.41, 5.74) is 7.99. The van der Waals surface area contributed by atoms with Gasteiger partial charge in [-0.2, -0.15) is 0 Å². The zero-order valence-corrected chi connectivity index (χ0v) is 14.8. The van der Waals surface area contributed by atoms with Crippen molar-refractivity contribution in [1.29, 1.82) is 0 Å². The Kier molecular flexibility index (Phi) is 3.90. The second-order valence-electron chi connectivity index (χ2n) is 5.22. The standard InChI is InChI=1S/C17H13N5OS2/c1-19-17-20-7-6-11(22-17)13-8-9(14(24-13)15(18)23)16-21-10-4-2-3-5-12(10)25-16/h2-8H,1H3,(H2,18,23)(H,19,20,22). The molecule has 3 aromatic heterocycles. The first-order valence-electron chi connectivity index (χ1n) is 7.46. The number of fused-ring (bicyclic) bond motifs is 1. The molecule has 0 aliphatic rings. The molecule has 0 unspecified atom stereocenters. The smallest absolute Gasteiger partial charge is 0.259 e. The maximum Gasteiger partial charge on any atom is 0.259 e. The molecule has 8 heteroatoms. The van der Waals surface area contributed by atoms with Crippen LogP contribution in [0.5, 0.6) is 0 Å². The zero-order valence-electron chi connectivity index (χ0n) is 13.2. The molecular formula is C17H13N5OS2. The third-order valence-electron chi connectivity index (χ3n) is 3.61. The SMILES string of the molecule is CNc1nccc(-c2cc(-c3nc4ccccc4s3)c(C(N)=O)s2)n1. The van der Waals surface area contributed by atoms with Gasteiger partial charge in [0.05, 0.1) is 20.8 Å². The minimum atomic E-state index is -0.464. The molecule has 25 heavy (non-hydrogen) atoms. The number of amides is 1. The van der Waals surface area contributed by atoms with Crippen LogP contribution in [0.4, 0.5) is 5.95 Å². The van der Waals surface area contributed by atoms with Crippen LogP contribution in [0.2, 0.25) is 0 Å². The van der Waals surface area contributed by atoms with Gasteiger partial charge < -0.3 is 11.1 Å². The lowest BCUT2D eigenvalue weighted by Crippen LogP contribution is -2.09. The van der Waals surface area contributed by atoms with Gasteiger partial charge in [-0.3, -0.25) is 4.79 Å². The van der Waals surface area contributed by atoms with Gasteiger partial charge in [0.2, 0.25) is 5.95 Å². The average molecular weight is 367 g/mol. The molecule has 6 nitrogen and oxygen atoms in total. The number of primary amides is 1. The Labute approximate surface area is 151 Å². The number of carbonyl (C=O) groups excluding carboxylic acids is 1. The predicted molar refractivity (Wildman–Crippen MR) is 102 cm³/mol. The molecule has 124 valence electrons. The lowest BCUT2D eigenvalue weighted by Gasteiger charge is -1.99. The van der Waals surface area contributed by atoms with Crippen LogP contribution in [0.3, 0.4) is 0 Å². The number of hydrogen-bond acceptors (Lipinski definition) is 7. The lowest BCUT2D eigenvalue weighted by molar-refractivity contribution is 0.100. The maximum atomic E-state index is 11.9. The quantitative estimate of drug-likeness (QED) is 0.574. The van der Waals surface area contributed by atoms with Crippen LogP contribution in [0, 0.1) is 0 Å². The third kappa shape index (κ3) is 2.86. The Morgan fingerprint density at radius 1 is 1.16 bits per heavy atom. The molecule has 0 radical (unpaired) electrons. The number of carbonyl (C=O) groups is 1. The number of rotatable bonds is 4. The fourth-order valence-corrected chi connectivity index (χ4v) is 4.50. The van der Waals surface area contributed by atoms with Crippen LogP contribution in [-0.4, -0.2) is 27.9 Å². The van der Waals surface area contributed by atoms with E-state index in [1.54, 1.807) is 30.6 Å². The van der Waals surface area contributed by atoms with Gasteiger partial charge in [0.1, 0.15) is 9.88 Å². The highest BCUT2D eigenvalue weighted by Crippen LogP contribution is 2.39. The van der Waals surface area contributed by atoms with E-state index in [2.05, 4.69) is 20.3 Å². The second-order valence-corrected chi connectivity index (χ2v) is 7.30. The number of nitrogens with zero attached hydrogens (tertiary/aromatic N) is 3. The Bertz CT molecular complexity index is 1050. The van der Waals surface area contributed by atoms with Crippen molar-refractivity contribution in [3.8, 4) is 21.1 Å². The summed E-state index contributed by atoms with van der Waals surface area (Å²) in [5, 5.41) is 3.69. The highest BCUT2D eigenvalue weighted by Gasteiger charge is 2.20. The maximum absolute atomic E-state index is 11.9. The van der Waals surface area contributed by atoms with Crippen molar-refractivity contribution >= 4 is 44.7 Å². The molecule has 0 aliphatic heterocycles. The molecule has 4 rings (SSSR count). The molecule has 3 heterocycles. The van der Waals surface area contributed by atoms with Crippen LogP contribution >= 0.6 is 22.7 Å². The van der Waals surface area contributed by atoms with Crippen LogP contribution in [0.25, 0.3) is 31.4 Å². The number of benzene rings is 1. The first kappa shape index (κ1) is 15.7. The van der Waals surface area contributed by atoms with Crippen molar-refractivity contribution < 1.29 is 4.79 Å². The minimum absolute atomic E-state index is 0.464. The van der Waals surface area contributed by atoms with Gasteiger partial charge in [-0.1, -0.05) is 12.1 Å². The van der Waals surface area contributed by atoms with Gasteiger partial charge in [0.25, 0.3) is 5.91 Å². The summed E-state index contributed by atoms with van der Waals surface area (Å²) in [4.78, 5) is 26.5. The van der Waals surface area contributed by atoms with Gasteiger partial charge in [-0.05, 0) is 24.3 Å². The molecule has 0 saturated carbocycles. The number of nitrogens with two attached hydrogens (primary N) is 1. The Morgan fingerprint density at radius 2 is 2.00 bits per heavy atom. The Balaban J connectivity index is 1.87. The highest BCUT2D eigenvalue weighted by molar-refractivity contribution is 7.22. The number of thiazole rings is 1. The Hall–Kier alpha value is -2.84. The first-order chi connectivity index (χ1) is 12.2. The highest BCUT2D eigenvalue weighted by atomic mass is 32.1. The normalized spacial score (nSPS) is 10.9. The van der Waals surface area contributed by atoms with E-state index in [-0.39, 0.29) is 0 Å². The van der Waals surface area contributed by atoms with Gasteiger partial charge in [-0.25, -0.2) is 15.0 Å². The van der Waals surface area contributed by atoms with E-state index >= 15 is 0 Å². The molecule has 4 aromatic rings. The molecule has 1 amide bonds. The molecule has 0 spiro atoms. The molecule has 3 N–H and O–H groups in total. The largest absolute Gasteiger partial charge is 0.365 e. The number of thiophene rings is 1. The van der Waals surface area contributed by atoms with E-state index < -0.39 is 5.91 Å². The van der Waals surface area contributed by atoms with Crippen molar-refractivity contribution in [1.82, 2.24) is 15.0 Å². The summed E-state index contributed by atoms with van der Waals surface area (Å²) in [5.74, 6) is 0.0569. The fraction of sp³-hybridized carbons (Fsp3) is 0.0588. The van der Waals surface area contributed by atoms with E-state index in [0.717, 1.165) is 31.4 Å². The van der Waals surface area contributed by atoms with Crippen molar-refractivity contribution in [3.05, 3.63) is 47.5 Å². The van der Waals surface area contributed by atoms with Crippen LogP contribution in [0.15, 0.2) is 42.6 Å². The number of para-hydroxylation sites is 1. The summed E-state index contributed by atoms with van der Waals surface area (Å²) in [6.45, 7) is 0. The summed E-state index contributed by atoms with van der Waals surface area (Å²) in [7, 11) is 1.76. The van der Waals surface area contributed by atoms with Gasteiger partial charge in [0.15, 0.2) is 0 Å².